The summed E-state index contributed by atoms with van der Waals surface area (Å²) in [6.07, 6.45) is -2.56. The second kappa shape index (κ2) is 8.64. The Kier molecular flexibility index (Phi) is 6.02. The summed E-state index contributed by atoms with van der Waals surface area (Å²) < 4.78 is 41.6. The third-order valence-corrected chi connectivity index (χ3v) is 6.05. The van der Waals surface area contributed by atoms with Gasteiger partial charge in [-0.15, -0.1) is 10.2 Å². The molecule has 33 heavy (non-hydrogen) atoms. The number of benzene rings is 1. The van der Waals surface area contributed by atoms with E-state index in [1.165, 1.54) is 13.0 Å². The molecule has 1 N–H and O–H groups in total. The van der Waals surface area contributed by atoms with Crippen molar-refractivity contribution in [1.29, 1.82) is 0 Å². The topological polar surface area (TPSA) is 75.4 Å². The van der Waals surface area contributed by atoms with Crippen LogP contribution in [0, 0.1) is 19.8 Å². The summed E-state index contributed by atoms with van der Waals surface area (Å²) in [5.74, 6) is 1.84. The van der Waals surface area contributed by atoms with Crippen molar-refractivity contribution in [2.45, 2.75) is 66.3 Å². The second-order valence-electron chi connectivity index (χ2n) is 8.18. The molecule has 1 saturated carbocycles. The van der Waals surface area contributed by atoms with Gasteiger partial charge in [-0.2, -0.15) is 18.2 Å². The van der Waals surface area contributed by atoms with Crippen LogP contribution in [0.5, 0.6) is 0 Å². The van der Waals surface area contributed by atoms with Crippen LogP contribution in [0.2, 0.25) is 0 Å². The van der Waals surface area contributed by atoms with E-state index in [9.17, 15) is 18.0 Å². The van der Waals surface area contributed by atoms with Gasteiger partial charge in [0.05, 0.1) is 24.3 Å². The van der Waals surface area contributed by atoms with E-state index in [1.807, 2.05) is 30.1 Å². The summed E-state index contributed by atoms with van der Waals surface area (Å²) in [4.78, 5) is 19.0. The normalized spacial score (nSPS) is 15.3. The van der Waals surface area contributed by atoms with Crippen LogP contribution in [0.15, 0.2) is 18.2 Å². The molecule has 1 fully saturated rings. The molecule has 0 radical (unpaired) electrons. The van der Waals surface area contributed by atoms with E-state index in [-0.39, 0.29) is 23.9 Å². The molecular formula is C23H27F3N6O. The first-order chi connectivity index (χ1) is 15.7. The highest BCUT2D eigenvalue weighted by Gasteiger charge is 2.38. The summed E-state index contributed by atoms with van der Waals surface area (Å²) in [5.41, 5.74) is 1.82. The lowest BCUT2D eigenvalue weighted by atomic mass is 10.0. The maximum absolute atomic E-state index is 13.2. The first kappa shape index (κ1) is 23.0. The summed E-state index contributed by atoms with van der Waals surface area (Å²) in [7, 11) is 0. The number of carbonyl (C=O) groups is 1. The Bertz CT molecular complexity index is 1200. The number of nitrogens with zero attached hydrogens (tertiary/aromatic N) is 5. The van der Waals surface area contributed by atoms with Gasteiger partial charge in [0, 0.05) is 18.0 Å². The number of amides is 1. The van der Waals surface area contributed by atoms with Crippen molar-refractivity contribution in [3.8, 4) is 0 Å². The van der Waals surface area contributed by atoms with Crippen LogP contribution >= 0.6 is 0 Å². The molecule has 176 valence electrons. The van der Waals surface area contributed by atoms with Crippen LogP contribution < -0.4 is 5.32 Å². The fourth-order valence-electron chi connectivity index (χ4n) is 4.19. The first-order valence-electron chi connectivity index (χ1n) is 11.2. The SMILES string of the molecule is CC.Cc1c(CNc2nc3nnc(C)n3c3c2CN(C(=O)C2CC2)C3)cccc1C(F)(F)F. The zero-order valence-electron chi connectivity index (χ0n) is 19.1. The minimum absolute atomic E-state index is 0.101. The van der Waals surface area contributed by atoms with Gasteiger partial charge in [0.2, 0.25) is 5.91 Å². The Morgan fingerprint density at radius 1 is 1.15 bits per heavy atom. The predicted octanol–water partition coefficient (Wildman–Crippen LogP) is 4.65. The van der Waals surface area contributed by atoms with E-state index >= 15 is 0 Å². The lowest BCUT2D eigenvalue weighted by Crippen LogP contribution is -2.26. The van der Waals surface area contributed by atoms with Crippen molar-refractivity contribution in [2.24, 2.45) is 5.92 Å². The minimum Gasteiger partial charge on any atom is -0.366 e. The molecular weight excluding hydrogens is 433 g/mol. The highest BCUT2D eigenvalue weighted by atomic mass is 19.4. The molecule has 2 aromatic heterocycles. The van der Waals surface area contributed by atoms with Crippen molar-refractivity contribution < 1.29 is 18.0 Å². The van der Waals surface area contributed by atoms with Crippen molar-refractivity contribution in [3.05, 3.63) is 52.0 Å². The van der Waals surface area contributed by atoms with Crippen LogP contribution in [0.1, 0.15) is 60.5 Å². The van der Waals surface area contributed by atoms with Crippen molar-refractivity contribution in [1.82, 2.24) is 24.5 Å². The number of fused-ring (bicyclic) bond motifs is 3. The van der Waals surface area contributed by atoms with Gasteiger partial charge in [0.1, 0.15) is 11.6 Å². The van der Waals surface area contributed by atoms with Gasteiger partial charge < -0.3 is 10.2 Å². The standard InChI is InChI=1S/C21H21F3N6O.C2H6/c1-11-14(4-3-5-16(11)21(22,23)24)8-25-18-15-9-29(19(31)13-6-7-13)10-17(15)30-12(2)27-28-20(30)26-18;1-2/h3-5,13H,6-10H2,1-2H3,(H,25,26,28);1-2H3. The number of anilines is 1. The second-order valence-corrected chi connectivity index (χ2v) is 8.18. The third-order valence-electron chi connectivity index (χ3n) is 6.05. The van der Waals surface area contributed by atoms with Crippen LogP contribution in [0.4, 0.5) is 19.0 Å². The number of aromatic nitrogens is 4. The molecule has 0 spiro atoms. The maximum Gasteiger partial charge on any atom is 0.416 e. The molecule has 0 unspecified atom stereocenters. The number of aryl methyl sites for hydroxylation is 1. The fraction of sp³-hybridized carbons (Fsp3) is 0.478. The van der Waals surface area contributed by atoms with Gasteiger partial charge in [0.25, 0.3) is 5.78 Å². The van der Waals surface area contributed by atoms with E-state index in [1.54, 1.807) is 6.07 Å². The molecule has 1 aromatic carbocycles. The molecule has 0 bridgehead atoms. The maximum atomic E-state index is 13.2. The zero-order chi connectivity index (χ0) is 23.9. The molecule has 3 heterocycles. The Morgan fingerprint density at radius 3 is 2.55 bits per heavy atom. The summed E-state index contributed by atoms with van der Waals surface area (Å²) in [5, 5.41) is 11.4. The highest BCUT2D eigenvalue weighted by Crippen LogP contribution is 2.37. The fourth-order valence-corrected chi connectivity index (χ4v) is 4.19. The van der Waals surface area contributed by atoms with E-state index in [4.69, 9.17) is 0 Å². The van der Waals surface area contributed by atoms with E-state index in [0.717, 1.165) is 30.2 Å². The predicted molar refractivity (Wildman–Crippen MR) is 117 cm³/mol. The summed E-state index contributed by atoms with van der Waals surface area (Å²) >= 11 is 0. The lowest BCUT2D eigenvalue weighted by molar-refractivity contribution is -0.138. The van der Waals surface area contributed by atoms with Crippen LogP contribution in [-0.4, -0.2) is 30.4 Å². The number of hydrogen-bond acceptors (Lipinski definition) is 5. The van der Waals surface area contributed by atoms with Gasteiger partial charge in [-0.1, -0.05) is 26.0 Å². The van der Waals surface area contributed by atoms with Gasteiger partial charge in [0.15, 0.2) is 0 Å². The number of alkyl halides is 3. The van der Waals surface area contributed by atoms with E-state index in [0.29, 0.717) is 36.1 Å². The number of hydrogen-bond donors (Lipinski definition) is 1. The van der Waals surface area contributed by atoms with Crippen LogP contribution in [-0.2, 0) is 30.6 Å². The summed E-state index contributed by atoms with van der Waals surface area (Å²) in [6, 6.07) is 4.16. The van der Waals surface area contributed by atoms with Gasteiger partial charge in [-0.05, 0) is 43.9 Å². The Hall–Kier alpha value is -3.17. The van der Waals surface area contributed by atoms with Gasteiger partial charge >= 0.3 is 6.18 Å². The molecule has 7 nitrogen and oxygen atoms in total. The highest BCUT2D eigenvalue weighted by molar-refractivity contribution is 5.82. The van der Waals surface area contributed by atoms with E-state index in [2.05, 4.69) is 20.5 Å². The Balaban J connectivity index is 0.00000126. The Morgan fingerprint density at radius 2 is 1.88 bits per heavy atom. The molecule has 1 aliphatic carbocycles. The van der Waals surface area contributed by atoms with E-state index < -0.39 is 11.7 Å². The number of nitrogens with one attached hydrogen (secondary N) is 1. The van der Waals surface area contributed by atoms with Gasteiger partial charge in [-0.3, -0.25) is 9.20 Å². The minimum atomic E-state index is -4.40. The number of rotatable bonds is 4. The smallest absolute Gasteiger partial charge is 0.366 e. The number of carbonyl (C=O) groups excluding carboxylic acids is 1. The summed E-state index contributed by atoms with van der Waals surface area (Å²) in [6.45, 7) is 8.33. The zero-order valence-corrected chi connectivity index (χ0v) is 19.1. The molecule has 2 aliphatic rings. The van der Waals surface area contributed by atoms with Crippen LogP contribution in [0.3, 0.4) is 0 Å². The lowest BCUT2D eigenvalue weighted by Gasteiger charge is -2.16. The molecule has 1 amide bonds. The monoisotopic (exact) mass is 460 g/mol. The Labute approximate surface area is 190 Å². The van der Waals surface area contributed by atoms with Crippen molar-refractivity contribution in [3.63, 3.8) is 0 Å². The van der Waals surface area contributed by atoms with Gasteiger partial charge in [-0.25, -0.2) is 0 Å². The molecule has 0 atom stereocenters. The molecule has 3 aromatic rings. The van der Waals surface area contributed by atoms with Crippen LogP contribution in [0.25, 0.3) is 5.78 Å². The largest absolute Gasteiger partial charge is 0.416 e. The quantitative estimate of drug-likeness (QED) is 0.614. The average molecular weight is 461 g/mol. The third kappa shape index (κ3) is 4.26. The van der Waals surface area contributed by atoms with Crippen molar-refractivity contribution in [2.75, 3.05) is 5.32 Å². The molecule has 10 heteroatoms. The number of halogens is 3. The molecule has 1 aliphatic heterocycles. The molecule has 0 saturated heterocycles. The first-order valence-corrected chi connectivity index (χ1v) is 11.2. The average Bonchev–Trinajstić information content (AvgIpc) is 3.43. The van der Waals surface area contributed by atoms with Crippen molar-refractivity contribution >= 4 is 17.5 Å². The molecule has 5 rings (SSSR count).